The molecule has 1 aromatic heterocycles. The van der Waals surface area contributed by atoms with E-state index in [0.29, 0.717) is 0 Å². The third-order valence-corrected chi connectivity index (χ3v) is 4.78. The van der Waals surface area contributed by atoms with Crippen LogP contribution in [0.1, 0.15) is 37.5 Å². The molecule has 0 bridgehead atoms. The lowest BCUT2D eigenvalue weighted by Gasteiger charge is -2.18. The monoisotopic (exact) mass is 299 g/mol. The fourth-order valence-corrected chi connectivity index (χ4v) is 3.58. The maximum Gasteiger partial charge on any atom is 0.204 e. The van der Waals surface area contributed by atoms with E-state index in [1.807, 2.05) is 18.2 Å². The summed E-state index contributed by atoms with van der Waals surface area (Å²) in [7, 11) is 0. The number of benzene rings is 1. The normalized spacial score (nSPS) is 20.7. The minimum atomic E-state index is 0.761. The fraction of sp³-hybridized carbons (Fsp3) is 0.412. The van der Waals surface area contributed by atoms with Crippen LogP contribution in [0.3, 0.4) is 0 Å². The molecule has 0 radical (unpaired) electrons. The van der Waals surface area contributed by atoms with Gasteiger partial charge in [-0.1, -0.05) is 37.3 Å². The Labute approximate surface area is 130 Å². The Bertz CT molecular complexity index is 631. The minimum absolute atomic E-state index is 0.761. The van der Waals surface area contributed by atoms with Crippen molar-refractivity contribution in [2.75, 3.05) is 5.43 Å². The van der Waals surface area contributed by atoms with Gasteiger partial charge in [0.25, 0.3) is 0 Å². The highest BCUT2D eigenvalue weighted by Crippen LogP contribution is 2.30. The Morgan fingerprint density at radius 1 is 1.29 bits per heavy atom. The number of nitrogens with one attached hydrogen (secondary N) is 1. The van der Waals surface area contributed by atoms with Crippen molar-refractivity contribution in [3.63, 3.8) is 0 Å². The number of aromatic nitrogens is 1. The van der Waals surface area contributed by atoms with Gasteiger partial charge in [0.1, 0.15) is 0 Å². The molecule has 2 aromatic rings. The summed E-state index contributed by atoms with van der Waals surface area (Å²) in [6.45, 7) is 4.41. The SMILES string of the molecule is Cc1sc(N/N=C2\CCCC(C)C2)nc1-c1ccccc1. The van der Waals surface area contributed by atoms with Crippen molar-refractivity contribution >= 4 is 22.2 Å². The number of aryl methyl sites for hydroxylation is 1. The first-order valence-electron chi connectivity index (χ1n) is 7.56. The molecule has 4 heteroatoms. The van der Waals surface area contributed by atoms with E-state index >= 15 is 0 Å². The highest BCUT2D eigenvalue weighted by Gasteiger charge is 2.14. The van der Waals surface area contributed by atoms with Gasteiger partial charge >= 0.3 is 0 Å². The van der Waals surface area contributed by atoms with Crippen LogP contribution in [0.5, 0.6) is 0 Å². The Morgan fingerprint density at radius 3 is 2.86 bits per heavy atom. The average Bonchev–Trinajstić information content (AvgIpc) is 2.87. The maximum absolute atomic E-state index is 4.68. The molecule has 110 valence electrons. The van der Waals surface area contributed by atoms with Crippen molar-refractivity contribution in [2.24, 2.45) is 11.0 Å². The van der Waals surface area contributed by atoms with Gasteiger partial charge in [-0.15, -0.1) is 11.3 Å². The predicted octanol–water partition coefficient (Wildman–Crippen LogP) is 5.10. The molecule has 1 saturated carbocycles. The van der Waals surface area contributed by atoms with Gasteiger partial charge in [0.05, 0.1) is 5.69 Å². The van der Waals surface area contributed by atoms with Crippen LogP contribution in [-0.4, -0.2) is 10.7 Å². The number of hydrogen-bond acceptors (Lipinski definition) is 4. The summed E-state index contributed by atoms with van der Waals surface area (Å²) < 4.78 is 0. The molecular weight excluding hydrogens is 278 g/mol. The lowest BCUT2D eigenvalue weighted by Crippen LogP contribution is -2.13. The molecule has 0 spiro atoms. The summed E-state index contributed by atoms with van der Waals surface area (Å²) in [6, 6.07) is 10.3. The number of nitrogens with zero attached hydrogens (tertiary/aromatic N) is 2. The van der Waals surface area contributed by atoms with Gasteiger partial charge in [-0.2, -0.15) is 5.10 Å². The van der Waals surface area contributed by atoms with Gasteiger partial charge in [-0.25, -0.2) is 4.98 Å². The average molecular weight is 299 g/mol. The summed E-state index contributed by atoms with van der Waals surface area (Å²) >= 11 is 1.67. The quantitative estimate of drug-likeness (QED) is 0.801. The second-order valence-electron chi connectivity index (χ2n) is 5.78. The summed E-state index contributed by atoms with van der Waals surface area (Å²) in [6.07, 6.45) is 4.82. The molecule has 0 amide bonds. The third kappa shape index (κ3) is 3.50. The minimum Gasteiger partial charge on any atom is -0.253 e. The van der Waals surface area contributed by atoms with Gasteiger partial charge in [0.15, 0.2) is 0 Å². The van der Waals surface area contributed by atoms with Crippen molar-refractivity contribution in [3.05, 3.63) is 35.2 Å². The zero-order chi connectivity index (χ0) is 14.7. The molecule has 3 rings (SSSR count). The number of thiazole rings is 1. The number of hydrazone groups is 1. The second kappa shape index (κ2) is 6.39. The highest BCUT2D eigenvalue weighted by atomic mass is 32.1. The van der Waals surface area contributed by atoms with Crippen LogP contribution in [0.15, 0.2) is 35.4 Å². The molecule has 1 atom stereocenters. The van der Waals surface area contributed by atoms with Gasteiger partial charge in [-0.3, -0.25) is 5.43 Å². The molecular formula is C17H21N3S. The van der Waals surface area contributed by atoms with E-state index in [0.717, 1.165) is 29.6 Å². The summed E-state index contributed by atoms with van der Waals surface area (Å²) in [4.78, 5) is 5.91. The van der Waals surface area contributed by atoms with Crippen molar-refractivity contribution in [2.45, 2.75) is 39.5 Å². The van der Waals surface area contributed by atoms with Crippen LogP contribution in [0.4, 0.5) is 5.13 Å². The van der Waals surface area contributed by atoms with Gasteiger partial charge < -0.3 is 0 Å². The van der Waals surface area contributed by atoms with Crippen LogP contribution in [0.2, 0.25) is 0 Å². The van der Waals surface area contributed by atoms with E-state index in [4.69, 9.17) is 0 Å². The zero-order valence-electron chi connectivity index (χ0n) is 12.6. The summed E-state index contributed by atoms with van der Waals surface area (Å²) in [5.74, 6) is 0.761. The lowest BCUT2D eigenvalue weighted by molar-refractivity contribution is 0.500. The van der Waals surface area contributed by atoms with E-state index in [2.05, 4.69) is 41.5 Å². The number of hydrogen-bond donors (Lipinski definition) is 1. The molecule has 21 heavy (non-hydrogen) atoms. The van der Waals surface area contributed by atoms with E-state index < -0.39 is 0 Å². The fourth-order valence-electron chi connectivity index (χ4n) is 2.80. The van der Waals surface area contributed by atoms with Gasteiger partial charge in [0, 0.05) is 16.2 Å². The van der Waals surface area contributed by atoms with Crippen LogP contribution >= 0.6 is 11.3 Å². The van der Waals surface area contributed by atoms with Gasteiger partial charge in [-0.05, 0) is 38.5 Å². The van der Waals surface area contributed by atoms with E-state index in [1.54, 1.807) is 11.3 Å². The molecule has 1 aromatic carbocycles. The Kier molecular flexibility index (Phi) is 4.34. The topological polar surface area (TPSA) is 37.3 Å². The summed E-state index contributed by atoms with van der Waals surface area (Å²) in [5.41, 5.74) is 6.66. The smallest absolute Gasteiger partial charge is 0.204 e. The molecule has 1 heterocycles. The van der Waals surface area contributed by atoms with Gasteiger partial charge in [0.2, 0.25) is 5.13 Å². The van der Waals surface area contributed by atoms with Crippen molar-refractivity contribution < 1.29 is 0 Å². The predicted molar refractivity (Wildman–Crippen MR) is 91.0 cm³/mol. The molecule has 0 saturated heterocycles. The molecule has 1 fully saturated rings. The van der Waals surface area contributed by atoms with Crippen LogP contribution in [-0.2, 0) is 0 Å². The number of anilines is 1. The van der Waals surface area contributed by atoms with Crippen LogP contribution < -0.4 is 5.43 Å². The molecule has 0 aliphatic heterocycles. The molecule has 1 N–H and O–H groups in total. The molecule has 1 unspecified atom stereocenters. The molecule has 1 aliphatic carbocycles. The first-order chi connectivity index (χ1) is 10.2. The van der Waals surface area contributed by atoms with Crippen molar-refractivity contribution in [1.29, 1.82) is 0 Å². The van der Waals surface area contributed by atoms with Crippen molar-refractivity contribution in [3.8, 4) is 11.3 Å². The van der Waals surface area contributed by atoms with Crippen LogP contribution in [0.25, 0.3) is 11.3 Å². The highest BCUT2D eigenvalue weighted by molar-refractivity contribution is 7.15. The molecule has 3 nitrogen and oxygen atoms in total. The third-order valence-electron chi connectivity index (χ3n) is 3.90. The Morgan fingerprint density at radius 2 is 2.10 bits per heavy atom. The van der Waals surface area contributed by atoms with E-state index in [1.165, 1.54) is 29.0 Å². The number of rotatable bonds is 3. The van der Waals surface area contributed by atoms with E-state index in [9.17, 15) is 0 Å². The standard InChI is InChI=1S/C17H21N3S/c1-12-7-6-10-15(11-12)19-20-17-18-16(13(2)21-17)14-8-4-3-5-9-14/h3-5,8-9,12H,6-7,10-11H2,1-2H3,(H,18,20)/b19-15+. The first-order valence-corrected chi connectivity index (χ1v) is 8.38. The van der Waals surface area contributed by atoms with Crippen molar-refractivity contribution in [1.82, 2.24) is 4.98 Å². The zero-order valence-corrected chi connectivity index (χ0v) is 13.4. The largest absolute Gasteiger partial charge is 0.253 e. The Balaban J connectivity index is 1.74. The maximum atomic E-state index is 4.68. The first kappa shape index (κ1) is 14.3. The van der Waals surface area contributed by atoms with E-state index in [-0.39, 0.29) is 0 Å². The lowest BCUT2D eigenvalue weighted by atomic mass is 9.89. The second-order valence-corrected chi connectivity index (χ2v) is 6.98. The molecule has 1 aliphatic rings. The summed E-state index contributed by atoms with van der Waals surface area (Å²) in [5, 5.41) is 5.45. The van der Waals surface area contributed by atoms with Crippen LogP contribution in [0, 0.1) is 12.8 Å². The Hall–Kier alpha value is -1.68.